The van der Waals surface area contributed by atoms with E-state index in [9.17, 15) is 9.59 Å². The van der Waals surface area contributed by atoms with Gasteiger partial charge in [0, 0.05) is 38.6 Å². The third-order valence-electron chi connectivity index (χ3n) is 4.10. The van der Waals surface area contributed by atoms with E-state index in [-0.39, 0.29) is 23.8 Å². The third kappa shape index (κ3) is 4.04. The Morgan fingerprint density at radius 2 is 1.70 bits per heavy atom. The predicted octanol–water partition coefficient (Wildman–Crippen LogP) is 0.347. The Labute approximate surface area is 137 Å². The highest BCUT2D eigenvalue weighted by molar-refractivity contribution is 5.92. The number of carbonyl (C=O) groups excluding carboxylic acids is 2. The van der Waals surface area contributed by atoms with Crippen LogP contribution in [0.2, 0.25) is 0 Å². The highest BCUT2D eigenvalue weighted by Gasteiger charge is 2.32. The molecule has 7 nitrogen and oxygen atoms in total. The summed E-state index contributed by atoms with van der Waals surface area (Å²) in [5.74, 6) is 0.256. The maximum Gasteiger partial charge on any atom is 0.274 e. The van der Waals surface area contributed by atoms with Crippen LogP contribution in [0.3, 0.4) is 0 Å². The van der Waals surface area contributed by atoms with Crippen molar-refractivity contribution in [3.63, 3.8) is 0 Å². The zero-order valence-electron chi connectivity index (χ0n) is 14.3. The molecule has 0 bridgehead atoms. The minimum Gasteiger partial charge on any atom is -0.338 e. The van der Waals surface area contributed by atoms with Gasteiger partial charge in [-0.3, -0.25) is 19.5 Å². The van der Waals surface area contributed by atoms with Gasteiger partial charge in [-0.2, -0.15) is 0 Å². The van der Waals surface area contributed by atoms with Crippen molar-refractivity contribution in [1.82, 2.24) is 24.7 Å². The van der Waals surface area contributed by atoms with Crippen LogP contribution in [0.5, 0.6) is 0 Å². The molecule has 0 spiro atoms. The SMILES string of the molecule is CC(C)[C@H](C(=O)N1CCN(C(=O)c2cnccn2)CC1)N(C)C. The predicted molar refractivity (Wildman–Crippen MR) is 86.8 cm³/mol. The van der Waals surface area contributed by atoms with E-state index in [2.05, 4.69) is 23.8 Å². The Balaban J connectivity index is 1.96. The van der Waals surface area contributed by atoms with E-state index in [0.717, 1.165) is 0 Å². The van der Waals surface area contributed by atoms with Crippen LogP contribution < -0.4 is 0 Å². The molecule has 0 saturated carbocycles. The van der Waals surface area contributed by atoms with E-state index in [1.165, 1.54) is 12.4 Å². The first-order valence-corrected chi connectivity index (χ1v) is 7.92. The summed E-state index contributed by atoms with van der Waals surface area (Å²) >= 11 is 0. The highest BCUT2D eigenvalue weighted by Crippen LogP contribution is 2.14. The monoisotopic (exact) mass is 319 g/mol. The fourth-order valence-electron chi connectivity index (χ4n) is 2.99. The first-order chi connectivity index (χ1) is 10.9. The lowest BCUT2D eigenvalue weighted by Gasteiger charge is -2.38. The molecule has 0 unspecified atom stereocenters. The van der Waals surface area contributed by atoms with E-state index in [0.29, 0.717) is 31.9 Å². The zero-order chi connectivity index (χ0) is 17.0. The molecule has 1 atom stereocenters. The van der Waals surface area contributed by atoms with Gasteiger partial charge >= 0.3 is 0 Å². The summed E-state index contributed by atoms with van der Waals surface area (Å²) < 4.78 is 0. The van der Waals surface area contributed by atoms with Gasteiger partial charge in [-0.05, 0) is 20.0 Å². The van der Waals surface area contributed by atoms with Crippen LogP contribution >= 0.6 is 0 Å². The van der Waals surface area contributed by atoms with Crippen LogP contribution in [0.1, 0.15) is 24.3 Å². The number of hydrogen-bond donors (Lipinski definition) is 0. The lowest BCUT2D eigenvalue weighted by atomic mass is 10.0. The van der Waals surface area contributed by atoms with Gasteiger partial charge in [0.15, 0.2) is 0 Å². The van der Waals surface area contributed by atoms with E-state index >= 15 is 0 Å². The Kier molecular flexibility index (Phi) is 5.65. The Hall–Kier alpha value is -2.02. The number of amides is 2. The minimum absolute atomic E-state index is 0.127. The minimum atomic E-state index is -0.128. The molecular weight excluding hydrogens is 294 g/mol. The number of aromatic nitrogens is 2. The molecule has 1 aromatic heterocycles. The van der Waals surface area contributed by atoms with Crippen LogP contribution in [0, 0.1) is 5.92 Å². The summed E-state index contributed by atoms with van der Waals surface area (Å²) in [5.41, 5.74) is 0.348. The molecule has 23 heavy (non-hydrogen) atoms. The van der Waals surface area contributed by atoms with Crippen LogP contribution in [0.25, 0.3) is 0 Å². The van der Waals surface area contributed by atoms with Gasteiger partial charge in [-0.15, -0.1) is 0 Å². The summed E-state index contributed by atoms with van der Waals surface area (Å²) in [6.07, 6.45) is 4.53. The van der Waals surface area contributed by atoms with Crippen molar-refractivity contribution in [1.29, 1.82) is 0 Å². The molecule has 0 radical (unpaired) electrons. The average Bonchev–Trinajstić information content (AvgIpc) is 2.54. The number of nitrogens with zero attached hydrogens (tertiary/aromatic N) is 5. The highest BCUT2D eigenvalue weighted by atomic mass is 16.2. The molecule has 2 amide bonds. The Morgan fingerprint density at radius 3 is 2.17 bits per heavy atom. The summed E-state index contributed by atoms with van der Waals surface area (Å²) in [6, 6.07) is -0.128. The topological polar surface area (TPSA) is 69.6 Å². The Bertz CT molecular complexity index is 531. The molecule has 7 heteroatoms. The molecule has 1 aliphatic rings. The van der Waals surface area contributed by atoms with Crippen molar-refractivity contribution in [2.24, 2.45) is 5.92 Å². The number of likely N-dealkylation sites (N-methyl/N-ethyl adjacent to an activating group) is 1. The van der Waals surface area contributed by atoms with Gasteiger partial charge in [0.1, 0.15) is 5.69 Å². The van der Waals surface area contributed by atoms with E-state index in [1.807, 2.05) is 23.9 Å². The normalized spacial score (nSPS) is 16.8. The largest absolute Gasteiger partial charge is 0.338 e. The quantitative estimate of drug-likeness (QED) is 0.801. The first-order valence-electron chi connectivity index (χ1n) is 7.92. The van der Waals surface area contributed by atoms with E-state index < -0.39 is 0 Å². The average molecular weight is 319 g/mol. The number of carbonyl (C=O) groups is 2. The second-order valence-electron chi connectivity index (χ2n) is 6.36. The summed E-state index contributed by atoms with van der Waals surface area (Å²) in [7, 11) is 3.85. The summed E-state index contributed by atoms with van der Waals surface area (Å²) in [5, 5.41) is 0. The standard InChI is InChI=1S/C16H25N5O2/c1-12(2)14(19(3)4)16(23)21-9-7-20(8-10-21)15(22)13-11-17-5-6-18-13/h5-6,11-12,14H,7-10H2,1-4H3/t14-/m1/s1. The number of rotatable bonds is 4. The van der Waals surface area contributed by atoms with Crippen molar-refractivity contribution < 1.29 is 9.59 Å². The molecule has 1 saturated heterocycles. The number of hydrogen-bond acceptors (Lipinski definition) is 5. The first kappa shape index (κ1) is 17.3. The second-order valence-corrected chi connectivity index (χ2v) is 6.36. The molecule has 1 aliphatic heterocycles. The summed E-state index contributed by atoms with van der Waals surface area (Å²) in [4.78, 5) is 38.5. The molecular formula is C16H25N5O2. The maximum absolute atomic E-state index is 12.7. The van der Waals surface area contributed by atoms with Gasteiger partial charge in [0.05, 0.1) is 12.2 Å². The number of piperazine rings is 1. The molecule has 2 heterocycles. The fraction of sp³-hybridized carbons (Fsp3) is 0.625. The van der Waals surface area contributed by atoms with Crippen molar-refractivity contribution in [3.8, 4) is 0 Å². The van der Waals surface area contributed by atoms with Gasteiger partial charge in [-0.25, -0.2) is 4.98 Å². The molecule has 0 N–H and O–H groups in total. The maximum atomic E-state index is 12.7. The molecule has 0 aromatic carbocycles. The van der Waals surface area contributed by atoms with Crippen LogP contribution in [0.4, 0.5) is 0 Å². The van der Waals surface area contributed by atoms with Gasteiger partial charge < -0.3 is 9.80 Å². The van der Waals surface area contributed by atoms with Crippen LogP contribution in [0.15, 0.2) is 18.6 Å². The fourth-order valence-corrected chi connectivity index (χ4v) is 2.99. The third-order valence-corrected chi connectivity index (χ3v) is 4.10. The van der Waals surface area contributed by atoms with Crippen molar-refractivity contribution >= 4 is 11.8 Å². The lowest BCUT2D eigenvalue weighted by molar-refractivity contribution is -0.139. The van der Waals surface area contributed by atoms with Gasteiger partial charge in [-0.1, -0.05) is 13.8 Å². The van der Waals surface area contributed by atoms with Crippen molar-refractivity contribution in [2.75, 3.05) is 40.3 Å². The zero-order valence-corrected chi connectivity index (χ0v) is 14.3. The molecule has 0 aliphatic carbocycles. The van der Waals surface area contributed by atoms with Gasteiger partial charge in [0.25, 0.3) is 5.91 Å². The van der Waals surface area contributed by atoms with Gasteiger partial charge in [0.2, 0.25) is 5.91 Å². The lowest BCUT2D eigenvalue weighted by Crippen LogP contribution is -2.56. The van der Waals surface area contributed by atoms with Crippen molar-refractivity contribution in [2.45, 2.75) is 19.9 Å². The smallest absolute Gasteiger partial charge is 0.274 e. The molecule has 1 aromatic rings. The van der Waals surface area contributed by atoms with Crippen LogP contribution in [-0.4, -0.2) is 82.8 Å². The van der Waals surface area contributed by atoms with E-state index in [4.69, 9.17) is 0 Å². The summed E-state index contributed by atoms with van der Waals surface area (Å²) in [6.45, 7) is 6.27. The molecule has 126 valence electrons. The van der Waals surface area contributed by atoms with Crippen molar-refractivity contribution in [3.05, 3.63) is 24.3 Å². The molecule has 2 rings (SSSR count). The second kappa shape index (κ2) is 7.50. The van der Waals surface area contributed by atoms with Crippen LogP contribution in [-0.2, 0) is 4.79 Å². The molecule has 1 fully saturated rings. The van der Waals surface area contributed by atoms with E-state index in [1.54, 1.807) is 11.1 Å². The Morgan fingerprint density at radius 1 is 1.09 bits per heavy atom.